The fourth-order valence-electron chi connectivity index (χ4n) is 2.10. The van der Waals surface area contributed by atoms with Crippen LogP contribution < -0.4 is 0 Å². The summed E-state index contributed by atoms with van der Waals surface area (Å²) in [6.07, 6.45) is 0. The van der Waals surface area contributed by atoms with Crippen LogP contribution in [0.2, 0.25) is 0 Å². The van der Waals surface area contributed by atoms with Crippen LogP contribution in [-0.2, 0) is 0 Å². The van der Waals surface area contributed by atoms with E-state index in [0.717, 1.165) is 22.3 Å². The molecule has 0 saturated carbocycles. The van der Waals surface area contributed by atoms with Gasteiger partial charge in [-0.3, -0.25) is 4.79 Å². The zero-order chi connectivity index (χ0) is 12.6. The number of ketones is 1. The lowest BCUT2D eigenvalue weighted by Crippen LogP contribution is -2.05. The van der Waals surface area contributed by atoms with E-state index in [0.29, 0.717) is 10.4 Å². The van der Waals surface area contributed by atoms with Gasteiger partial charge in [0, 0.05) is 5.56 Å². The first-order chi connectivity index (χ1) is 7.99. The summed E-state index contributed by atoms with van der Waals surface area (Å²) in [5.74, 6) is 0.303. The predicted molar refractivity (Wildman–Crippen MR) is 70.5 cm³/mol. The van der Waals surface area contributed by atoms with Gasteiger partial charge in [-0.25, -0.2) is 0 Å². The van der Waals surface area contributed by atoms with Gasteiger partial charge in [-0.1, -0.05) is 17.7 Å². The first-order valence-corrected chi connectivity index (χ1v) is 6.16. The molecule has 1 heterocycles. The summed E-state index contributed by atoms with van der Waals surface area (Å²) in [4.78, 5) is 12.3. The molecule has 2 nitrogen and oxygen atoms in total. The molecule has 88 valence electrons. The van der Waals surface area contributed by atoms with Crippen molar-refractivity contribution < 1.29 is 9.21 Å². The second-order valence-electron chi connectivity index (χ2n) is 4.21. The molecule has 17 heavy (non-hydrogen) atoms. The molecule has 2 aromatic rings. The molecule has 0 amide bonds. The highest BCUT2D eigenvalue weighted by Gasteiger charge is 2.17. The molecule has 0 unspecified atom stereocenters. The Balaban J connectivity index is 2.51. The fraction of sp³-hybridized carbons (Fsp3) is 0.214. The molecule has 0 saturated heterocycles. The zero-order valence-electron chi connectivity index (χ0n) is 10.0. The van der Waals surface area contributed by atoms with E-state index in [1.165, 1.54) is 0 Å². The molecular weight excluding hydrogens is 280 g/mol. The summed E-state index contributed by atoms with van der Waals surface area (Å²) in [7, 11) is 0. The quantitative estimate of drug-likeness (QED) is 0.777. The molecule has 0 aliphatic carbocycles. The molecule has 3 heteroatoms. The van der Waals surface area contributed by atoms with Crippen molar-refractivity contribution in [3.63, 3.8) is 0 Å². The molecule has 0 aliphatic heterocycles. The normalized spacial score (nSPS) is 10.6. The third-order valence-electron chi connectivity index (χ3n) is 2.70. The minimum absolute atomic E-state index is 0.0642. The van der Waals surface area contributed by atoms with Crippen molar-refractivity contribution in [2.75, 3.05) is 0 Å². The third-order valence-corrected chi connectivity index (χ3v) is 3.13. The van der Waals surface area contributed by atoms with E-state index in [9.17, 15) is 4.79 Å². The van der Waals surface area contributed by atoms with Gasteiger partial charge in [0.15, 0.2) is 10.4 Å². The first kappa shape index (κ1) is 12.1. The van der Waals surface area contributed by atoms with Crippen molar-refractivity contribution in [3.05, 3.63) is 56.9 Å². The van der Waals surface area contributed by atoms with Crippen LogP contribution in [0, 0.1) is 20.8 Å². The van der Waals surface area contributed by atoms with Crippen molar-refractivity contribution in [1.29, 1.82) is 0 Å². The van der Waals surface area contributed by atoms with E-state index in [2.05, 4.69) is 15.9 Å². The van der Waals surface area contributed by atoms with Crippen LogP contribution in [0.5, 0.6) is 0 Å². The van der Waals surface area contributed by atoms with Crippen LogP contribution in [0.25, 0.3) is 0 Å². The molecule has 0 radical (unpaired) electrons. The van der Waals surface area contributed by atoms with Gasteiger partial charge in [0.1, 0.15) is 0 Å². The smallest absolute Gasteiger partial charge is 0.228 e. The minimum Gasteiger partial charge on any atom is -0.446 e. The van der Waals surface area contributed by atoms with E-state index in [-0.39, 0.29) is 5.78 Å². The number of hydrogen-bond acceptors (Lipinski definition) is 2. The molecule has 0 fully saturated rings. The van der Waals surface area contributed by atoms with Crippen molar-refractivity contribution >= 4 is 21.7 Å². The Labute approximate surface area is 109 Å². The third kappa shape index (κ3) is 2.34. The molecule has 0 spiro atoms. The highest BCUT2D eigenvalue weighted by molar-refractivity contribution is 9.10. The molecule has 1 aromatic heterocycles. The predicted octanol–water partition coefficient (Wildman–Crippen LogP) is 4.20. The second kappa shape index (κ2) is 4.49. The standard InChI is InChI=1S/C14H13BrO2/c1-8-6-9(2)13(10(3)7-8)14(16)11-4-5-12(15)17-11/h4-7H,1-3H3. The Hall–Kier alpha value is -1.35. The Morgan fingerprint density at radius 1 is 1.12 bits per heavy atom. The number of hydrogen-bond donors (Lipinski definition) is 0. The number of aryl methyl sites for hydroxylation is 3. The Morgan fingerprint density at radius 2 is 1.71 bits per heavy atom. The zero-order valence-corrected chi connectivity index (χ0v) is 11.6. The second-order valence-corrected chi connectivity index (χ2v) is 4.99. The van der Waals surface area contributed by atoms with Gasteiger partial charge in [-0.2, -0.15) is 0 Å². The minimum atomic E-state index is -0.0642. The number of rotatable bonds is 2. The van der Waals surface area contributed by atoms with Gasteiger partial charge in [-0.15, -0.1) is 0 Å². The molecule has 1 aromatic carbocycles. The number of halogens is 1. The summed E-state index contributed by atoms with van der Waals surface area (Å²) in [6, 6.07) is 7.44. The lowest BCUT2D eigenvalue weighted by molar-refractivity contribution is 0.101. The lowest BCUT2D eigenvalue weighted by atomic mass is 9.96. The van der Waals surface area contributed by atoms with E-state index >= 15 is 0 Å². The van der Waals surface area contributed by atoms with Gasteiger partial charge < -0.3 is 4.42 Å². The van der Waals surface area contributed by atoms with Crippen molar-refractivity contribution in [3.8, 4) is 0 Å². The average molecular weight is 293 g/mol. The molecule has 0 N–H and O–H groups in total. The summed E-state index contributed by atoms with van der Waals surface area (Å²) in [6.45, 7) is 5.92. The summed E-state index contributed by atoms with van der Waals surface area (Å²) in [5, 5.41) is 0. The van der Waals surface area contributed by atoms with E-state index in [4.69, 9.17) is 4.42 Å². The molecule has 0 bridgehead atoms. The van der Waals surface area contributed by atoms with E-state index in [1.54, 1.807) is 12.1 Å². The number of furan rings is 1. The number of benzene rings is 1. The van der Waals surface area contributed by atoms with Crippen LogP contribution in [0.3, 0.4) is 0 Å². The largest absolute Gasteiger partial charge is 0.446 e. The first-order valence-electron chi connectivity index (χ1n) is 5.37. The maximum atomic E-state index is 12.3. The Morgan fingerprint density at radius 3 is 2.18 bits per heavy atom. The van der Waals surface area contributed by atoms with Gasteiger partial charge in [0.25, 0.3) is 0 Å². The van der Waals surface area contributed by atoms with Gasteiger partial charge in [0.05, 0.1) is 0 Å². The van der Waals surface area contributed by atoms with Crippen LogP contribution in [0.4, 0.5) is 0 Å². The summed E-state index contributed by atoms with van der Waals surface area (Å²) in [5.41, 5.74) is 3.87. The van der Waals surface area contributed by atoms with Gasteiger partial charge in [-0.05, 0) is 60.0 Å². The van der Waals surface area contributed by atoms with Crippen LogP contribution in [0.15, 0.2) is 33.4 Å². The van der Waals surface area contributed by atoms with E-state index < -0.39 is 0 Å². The molecule has 0 atom stereocenters. The van der Waals surface area contributed by atoms with Crippen molar-refractivity contribution in [2.24, 2.45) is 0 Å². The molecular formula is C14H13BrO2. The molecule has 2 rings (SSSR count). The van der Waals surface area contributed by atoms with Gasteiger partial charge in [0.2, 0.25) is 5.78 Å². The van der Waals surface area contributed by atoms with Crippen molar-refractivity contribution in [2.45, 2.75) is 20.8 Å². The van der Waals surface area contributed by atoms with E-state index in [1.807, 2.05) is 32.9 Å². The SMILES string of the molecule is Cc1cc(C)c(C(=O)c2ccc(Br)o2)c(C)c1. The number of carbonyl (C=O) groups is 1. The van der Waals surface area contributed by atoms with Gasteiger partial charge >= 0.3 is 0 Å². The lowest BCUT2D eigenvalue weighted by Gasteiger charge is -2.08. The highest BCUT2D eigenvalue weighted by Crippen LogP contribution is 2.22. The highest BCUT2D eigenvalue weighted by atomic mass is 79.9. The summed E-state index contributed by atoms with van der Waals surface area (Å²) < 4.78 is 5.88. The summed E-state index contributed by atoms with van der Waals surface area (Å²) >= 11 is 3.20. The Kier molecular flexibility index (Phi) is 3.20. The topological polar surface area (TPSA) is 30.2 Å². The Bertz CT molecular complexity index is 559. The maximum absolute atomic E-state index is 12.3. The maximum Gasteiger partial charge on any atom is 0.228 e. The monoisotopic (exact) mass is 292 g/mol. The van der Waals surface area contributed by atoms with Crippen LogP contribution >= 0.6 is 15.9 Å². The number of carbonyl (C=O) groups excluding carboxylic acids is 1. The van der Waals surface area contributed by atoms with Crippen molar-refractivity contribution in [1.82, 2.24) is 0 Å². The van der Waals surface area contributed by atoms with Crippen LogP contribution in [-0.4, -0.2) is 5.78 Å². The fourth-order valence-corrected chi connectivity index (χ4v) is 2.40. The van der Waals surface area contributed by atoms with Crippen LogP contribution in [0.1, 0.15) is 32.8 Å². The average Bonchev–Trinajstić information content (AvgIpc) is 2.63. The molecule has 0 aliphatic rings.